The first-order valence-electron chi connectivity index (χ1n) is 9.52. The molecule has 1 fully saturated rings. The number of esters is 1. The zero-order valence-electron chi connectivity index (χ0n) is 16.6. The summed E-state index contributed by atoms with van der Waals surface area (Å²) < 4.78 is 11.9. The van der Waals surface area contributed by atoms with Crippen LogP contribution in [0.15, 0.2) is 77.3 Å². The molecule has 3 atom stereocenters. The largest absolute Gasteiger partial charge is 0.457 e. The van der Waals surface area contributed by atoms with E-state index < -0.39 is 6.10 Å². The maximum atomic E-state index is 12.8. The highest BCUT2D eigenvalue weighted by Gasteiger charge is 2.61. The average molecular weight is 431 g/mol. The minimum Gasteiger partial charge on any atom is -0.457 e. The Bertz CT molecular complexity index is 915. The van der Waals surface area contributed by atoms with E-state index in [4.69, 9.17) is 32.7 Å². The highest BCUT2D eigenvalue weighted by Crippen LogP contribution is 2.60. The fourth-order valence-electron chi connectivity index (χ4n) is 3.55. The number of rotatable bonds is 7. The molecule has 0 radical (unpaired) electrons. The molecule has 3 nitrogen and oxygen atoms in total. The van der Waals surface area contributed by atoms with E-state index in [0.717, 1.165) is 11.3 Å². The number of benzene rings is 2. The highest BCUT2D eigenvalue weighted by atomic mass is 35.5. The molecule has 1 saturated carbocycles. The Hall–Kier alpha value is -2.23. The first-order valence-corrected chi connectivity index (χ1v) is 10.3. The first-order chi connectivity index (χ1) is 13.8. The number of ether oxygens (including phenoxy) is 2. The van der Waals surface area contributed by atoms with Crippen molar-refractivity contribution in [2.75, 3.05) is 0 Å². The van der Waals surface area contributed by atoms with Crippen LogP contribution in [0, 0.1) is 17.3 Å². The summed E-state index contributed by atoms with van der Waals surface area (Å²) in [5, 5.41) is 0. The predicted octanol–water partition coefficient (Wildman–Crippen LogP) is 7.23. The third-order valence-electron chi connectivity index (χ3n) is 5.25. The van der Waals surface area contributed by atoms with Crippen LogP contribution in [0.2, 0.25) is 0 Å². The van der Waals surface area contributed by atoms with Gasteiger partial charge in [0.2, 0.25) is 0 Å². The van der Waals surface area contributed by atoms with Gasteiger partial charge in [-0.05, 0) is 54.7 Å². The molecule has 0 bridgehead atoms. The van der Waals surface area contributed by atoms with E-state index in [0.29, 0.717) is 5.75 Å². The Kier molecular flexibility index (Phi) is 6.71. The number of hydrogen-bond donors (Lipinski definition) is 0. The molecule has 2 aromatic carbocycles. The number of allylic oxidation sites excluding steroid dienone is 2. The van der Waals surface area contributed by atoms with Crippen LogP contribution in [0.1, 0.15) is 32.4 Å². The quantitative estimate of drug-likeness (QED) is 0.343. The van der Waals surface area contributed by atoms with E-state index in [2.05, 4.69) is 0 Å². The molecule has 0 spiro atoms. The molecule has 3 unspecified atom stereocenters. The Labute approximate surface area is 181 Å². The number of carbonyl (C=O) groups excluding carboxylic acids is 1. The molecule has 0 aliphatic heterocycles. The summed E-state index contributed by atoms with van der Waals surface area (Å²) in [7, 11) is 0. The van der Waals surface area contributed by atoms with Gasteiger partial charge in [0.1, 0.15) is 22.1 Å². The summed E-state index contributed by atoms with van der Waals surface area (Å²) in [5.74, 6) is 0.867. The van der Waals surface area contributed by atoms with Gasteiger partial charge in [-0.3, -0.25) is 4.79 Å². The average Bonchev–Trinajstić information content (AvgIpc) is 3.21. The standard InChI is InChI=1S/C24H24Cl2O3/c1-4-9-20(29-23(27)22-19(15-21(25)26)24(22,2)3)16-10-8-13-18(14-16)28-17-11-6-5-7-12-17/h4-15,19-20,22H,1-3H3. The Morgan fingerprint density at radius 2 is 1.76 bits per heavy atom. The van der Waals surface area contributed by atoms with Crippen molar-refractivity contribution in [3.05, 3.63) is 82.9 Å². The summed E-state index contributed by atoms with van der Waals surface area (Å²) in [6.07, 6.45) is 4.94. The molecule has 1 aliphatic carbocycles. The van der Waals surface area contributed by atoms with Gasteiger partial charge >= 0.3 is 5.97 Å². The van der Waals surface area contributed by atoms with Gasteiger partial charge in [0.15, 0.2) is 0 Å². The van der Waals surface area contributed by atoms with Crippen molar-refractivity contribution in [1.29, 1.82) is 0 Å². The SMILES string of the molecule is CC=CC(OC(=O)C1C(C=C(Cl)Cl)C1(C)C)c1cccc(Oc2ccccc2)c1. The van der Waals surface area contributed by atoms with E-state index in [1.807, 2.05) is 87.5 Å². The number of carbonyl (C=O) groups is 1. The molecule has 152 valence electrons. The second kappa shape index (κ2) is 9.06. The molecule has 1 aliphatic rings. The topological polar surface area (TPSA) is 35.5 Å². The summed E-state index contributed by atoms with van der Waals surface area (Å²) in [6.45, 7) is 5.91. The van der Waals surface area contributed by atoms with Crippen molar-refractivity contribution >= 4 is 29.2 Å². The molecule has 0 heterocycles. The third-order valence-corrected chi connectivity index (χ3v) is 5.50. The molecule has 3 rings (SSSR count). The van der Waals surface area contributed by atoms with Crippen LogP contribution in [0.5, 0.6) is 11.5 Å². The fraction of sp³-hybridized carbons (Fsp3) is 0.292. The van der Waals surface area contributed by atoms with Crippen LogP contribution in [-0.4, -0.2) is 5.97 Å². The summed E-state index contributed by atoms with van der Waals surface area (Å²) in [5.41, 5.74) is 0.607. The van der Waals surface area contributed by atoms with Crippen molar-refractivity contribution in [2.45, 2.75) is 26.9 Å². The Morgan fingerprint density at radius 3 is 2.41 bits per heavy atom. The van der Waals surface area contributed by atoms with Gasteiger partial charge < -0.3 is 9.47 Å². The van der Waals surface area contributed by atoms with Crippen LogP contribution >= 0.6 is 23.2 Å². The molecule has 0 saturated heterocycles. The number of hydrogen-bond acceptors (Lipinski definition) is 3. The maximum absolute atomic E-state index is 12.8. The minimum absolute atomic E-state index is 0.0287. The van der Waals surface area contributed by atoms with Crippen molar-refractivity contribution < 1.29 is 14.3 Å². The van der Waals surface area contributed by atoms with Gasteiger partial charge in [0, 0.05) is 5.56 Å². The first kappa shape index (κ1) is 21.5. The van der Waals surface area contributed by atoms with E-state index >= 15 is 0 Å². The molecule has 0 amide bonds. The molecular weight excluding hydrogens is 407 g/mol. The van der Waals surface area contributed by atoms with E-state index in [9.17, 15) is 4.79 Å². The molecule has 5 heteroatoms. The van der Waals surface area contributed by atoms with Gasteiger partial charge in [-0.2, -0.15) is 0 Å². The number of para-hydroxylation sites is 1. The van der Waals surface area contributed by atoms with Gasteiger partial charge in [0.05, 0.1) is 5.92 Å². The van der Waals surface area contributed by atoms with E-state index in [1.54, 1.807) is 6.08 Å². The zero-order chi connectivity index (χ0) is 21.0. The second-order valence-corrected chi connectivity index (χ2v) is 8.66. The molecule has 0 N–H and O–H groups in total. The summed E-state index contributed by atoms with van der Waals surface area (Å²) >= 11 is 11.6. The van der Waals surface area contributed by atoms with Crippen LogP contribution < -0.4 is 4.74 Å². The van der Waals surface area contributed by atoms with Gasteiger partial charge in [-0.15, -0.1) is 0 Å². The summed E-state index contributed by atoms with van der Waals surface area (Å²) in [4.78, 5) is 12.8. The van der Waals surface area contributed by atoms with Crippen molar-refractivity contribution in [3.63, 3.8) is 0 Å². The Morgan fingerprint density at radius 1 is 1.07 bits per heavy atom. The molecule has 0 aromatic heterocycles. The lowest BCUT2D eigenvalue weighted by Gasteiger charge is -2.16. The maximum Gasteiger partial charge on any atom is 0.311 e. The fourth-order valence-corrected chi connectivity index (χ4v) is 3.82. The smallest absolute Gasteiger partial charge is 0.311 e. The van der Waals surface area contributed by atoms with Crippen molar-refractivity contribution in [3.8, 4) is 11.5 Å². The van der Waals surface area contributed by atoms with Gasteiger partial charge in [-0.1, -0.05) is 73.5 Å². The van der Waals surface area contributed by atoms with Crippen LogP contribution in [0.3, 0.4) is 0 Å². The van der Waals surface area contributed by atoms with E-state index in [-0.39, 0.29) is 27.7 Å². The van der Waals surface area contributed by atoms with Gasteiger partial charge in [-0.25, -0.2) is 0 Å². The minimum atomic E-state index is -0.501. The third kappa shape index (κ3) is 5.23. The lowest BCUT2D eigenvalue weighted by atomic mass is 10.1. The lowest BCUT2D eigenvalue weighted by Crippen LogP contribution is -2.14. The predicted molar refractivity (Wildman–Crippen MR) is 117 cm³/mol. The van der Waals surface area contributed by atoms with E-state index in [1.165, 1.54) is 0 Å². The normalized spacial score (nSPS) is 20.7. The summed E-state index contributed by atoms with van der Waals surface area (Å²) in [6, 6.07) is 17.1. The van der Waals surface area contributed by atoms with Gasteiger partial charge in [0.25, 0.3) is 0 Å². The number of halogens is 2. The highest BCUT2D eigenvalue weighted by molar-refractivity contribution is 6.55. The second-order valence-electron chi connectivity index (χ2n) is 7.65. The Balaban J connectivity index is 1.76. The molecule has 29 heavy (non-hydrogen) atoms. The van der Waals surface area contributed by atoms with Crippen molar-refractivity contribution in [1.82, 2.24) is 0 Å². The molecule has 2 aromatic rings. The van der Waals surface area contributed by atoms with Crippen LogP contribution in [-0.2, 0) is 9.53 Å². The molecular formula is C24H24Cl2O3. The zero-order valence-corrected chi connectivity index (χ0v) is 18.2. The van der Waals surface area contributed by atoms with Crippen molar-refractivity contribution in [2.24, 2.45) is 17.3 Å². The van der Waals surface area contributed by atoms with Crippen LogP contribution in [0.4, 0.5) is 0 Å². The monoisotopic (exact) mass is 430 g/mol. The van der Waals surface area contributed by atoms with Crippen LogP contribution in [0.25, 0.3) is 0 Å². The lowest BCUT2D eigenvalue weighted by molar-refractivity contribution is -0.149.